The average Bonchev–Trinajstić information content (AvgIpc) is 2.28. The summed E-state index contributed by atoms with van der Waals surface area (Å²) < 4.78 is 0. The topological polar surface area (TPSA) is 57.2 Å². The molecule has 1 aliphatic heterocycles. The second-order valence-corrected chi connectivity index (χ2v) is 4.04. The number of aliphatic imine (C=N–C) groups is 2. The fraction of sp³-hybridized carbons (Fsp3) is 0.636. The molecule has 1 saturated heterocycles. The molecule has 0 aliphatic carbocycles. The molecule has 0 unspecified atom stereocenters. The number of rotatable bonds is 3. The molecule has 5 nitrogen and oxygen atoms in total. The molecule has 0 spiro atoms. The quantitative estimate of drug-likeness (QED) is 0.559. The normalized spacial score (nSPS) is 21.1. The Bertz CT molecular complexity index is 292. The van der Waals surface area contributed by atoms with E-state index < -0.39 is 0 Å². The van der Waals surface area contributed by atoms with Gasteiger partial charge in [0, 0.05) is 33.3 Å². The Hall–Kier alpha value is -1.20. The number of nitrogens with two attached hydrogens (primary N) is 1. The second-order valence-electron chi connectivity index (χ2n) is 4.04. The molecule has 16 heavy (non-hydrogen) atoms. The second kappa shape index (κ2) is 6.40. The minimum absolute atomic E-state index is 0. The molecule has 0 aromatic rings. The maximum atomic E-state index is 5.67. The van der Waals surface area contributed by atoms with Crippen LogP contribution in [-0.2, 0) is 0 Å². The van der Waals surface area contributed by atoms with Crippen molar-refractivity contribution in [3.63, 3.8) is 0 Å². The molecule has 0 amide bonds. The van der Waals surface area contributed by atoms with Gasteiger partial charge in [-0.25, -0.2) is 9.98 Å². The van der Waals surface area contributed by atoms with Gasteiger partial charge in [0.05, 0.1) is 6.67 Å². The molecule has 0 saturated carbocycles. The highest BCUT2D eigenvalue weighted by molar-refractivity contribution is 6.01. The largest absolute Gasteiger partial charge is 0.368 e. The van der Waals surface area contributed by atoms with Crippen LogP contribution in [-0.4, -0.2) is 61.4 Å². The van der Waals surface area contributed by atoms with E-state index >= 15 is 0 Å². The van der Waals surface area contributed by atoms with Gasteiger partial charge in [0.2, 0.25) is 5.96 Å². The van der Waals surface area contributed by atoms with Crippen LogP contribution >= 0.6 is 0 Å². The Labute approximate surface area is 98.8 Å². The maximum absolute atomic E-state index is 5.67. The van der Waals surface area contributed by atoms with Crippen molar-refractivity contribution in [1.29, 1.82) is 0 Å². The summed E-state index contributed by atoms with van der Waals surface area (Å²) in [6, 6.07) is 0. The summed E-state index contributed by atoms with van der Waals surface area (Å²) >= 11 is 0. The van der Waals surface area contributed by atoms with Crippen molar-refractivity contribution < 1.29 is 1.43 Å². The van der Waals surface area contributed by atoms with Gasteiger partial charge in [-0.3, -0.25) is 4.90 Å². The summed E-state index contributed by atoms with van der Waals surface area (Å²) in [5, 5.41) is 0. The fourth-order valence-corrected chi connectivity index (χ4v) is 1.42. The van der Waals surface area contributed by atoms with Gasteiger partial charge in [0.1, 0.15) is 0 Å². The van der Waals surface area contributed by atoms with E-state index in [1.54, 1.807) is 6.08 Å². The van der Waals surface area contributed by atoms with Crippen molar-refractivity contribution in [3.8, 4) is 0 Å². The number of likely N-dealkylation sites (N-methyl/N-ethyl adjacent to an activating group) is 1. The molecule has 92 valence electrons. The highest BCUT2D eigenvalue weighted by Crippen LogP contribution is 1.98. The number of nitrogens with zero attached hydrogens (tertiary/aromatic N) is 4. The zero-order chi connectivity index (χ0) is 12.0. The minimum Gasteiger partial charge on any atom is -0.368 e. The van der Waals surface area contributed by atoms with E-state index in [1.807, 2.05) is 6.92 Å². The Kier molecular flexibility index (Phi) is 5.14. The molecular weight excluding hydrogens is 202 g/mol. The van der Waals surface area contributed by atoms with E-state index in [-0.39, 0.29) is 1.43 Å². The highest BCUT2D eigenvalue weighted by Gasteiger charge is 2.12. The first kappa shape index (κ1) is 12.9. The minimum atomic E-state index is 0. The van der Waals surface area contributed by atoms with Crippen LogP contribution in [0.15, 0.2) is 22.6 Å². The van der Waals surface area contributed by atoms with Crippen molar-refractivity contribution >= 4 is 11.7 Å². The van der Waals surface area contributed by atoms with Gasteiger partial charge >= 0.3 is 0 Å². The first-order valence-electron chi connectivity index (χ1n) is 5.50. The van der Waals surface area contributed by atoms with Crippen LogP contribution in [0.3, 0.4) is 0 Å². The summed E-state index contributed by atoms with van der Waals surface area (Å²) in [5.74, 6) is 0.330. The standard InChI is InChI=1S/C11H21N5.H2/c1-4-10(2)14-11(12)13-9-16-7-5-15(3)6-8-16;/h4H,1,5-9H2,2-3H3,(H2,12,13);1H/b14-10-;. The first-order valence-corrected chi connectivity index (χ1v) is 5.50. The molecule has 1 fully saturated rings. The van der Waals surface area contributed by atoms with E-state index in [2.05, 4.69) is 33.4 Å². The van der Waals surface area contributed by atoms with Crippen LogP contribution in [0.4, 0.5) is 0 Å². The zero-order valence-electron chi connectivity index (χ0n) is 10.2. The monoisotopic (exact) mass is 225 g/mol. The van der Waals surface area contributed by atoms with E-state index in [9.17, 15) is 0 Å². The van der Waals surface area contributed by atoms with Crippen molar-refractivity contribution in [3.05, 3.63) is 12.7 Å². The Morgan fingerprint density at radius 1 is 1.44 bits per heavy atom. The molecule has 0 radical (unpaired) electrons. The van der Waals surface area contributed by atoms with Crippen molar-refractivity contribution in [1.82, 2.24) is 9.80 Å². The van der Waals surface area contributed by atoms with Crippen LogP contribution in [0, 0.1) is 0 Å². The third-order valence-electron chi connectivity index (χ3n) is 2.61. The molecule has 0 atom stereocenters. The summed E-state index contributed by atoms with van der Waals surface area (Å²) in [6.07, 6.45) is 1.66. The van der Waals surface area contributed by atoms with Gasteiger partial charge in [-0.1, -0.05) is 6.58 Å². The lowest BCUT2D eigenvalue weighted by Gasteiger charge is -2.30. The summed E-state index contributed by atoms with van der Waals surface area (Å²) in [7, 11) is 2.13. The molecule has 0 aromatic heterocycles. The van der Waals surface area contributed by atoms with Gasteiger partial charge in [-0.05, 0) is 20.0 Å². The number of hydrogen-bond donors (Lipinski definition) is 1. The predicted octanol–water partition coefficient (Wildman–Crippen LogP) is 0.399. The lowest BCUT2D eigenvalue weighted by Crippen LogP contribution is -2.44. The number of allylic oxidation sites excluding steroid dienone is 1. The van der Waals surface area contributed by atoms with Gasteiger partial charge in [-0.2, -0.15) is 0 Å². The fourth-order valence-electron chi connectivity index (χ4n) is 1.42. The van der Waals surface area contributed by atoms with Crippen LogP contribution in [0.25, 0.3) is 0 Å². The summed E-state index contributed by atoms with van der Waals surface area (Å²) in [5.41, 5.74) is 6.46. The molecular formula is C11H23N5. The first-order chi connectivity index (χ1) is 7.61. The number of guanidine groups is 1. The molecule has 0 bridgehead atoms. The third kappa shape index (κ3) is 4.55. The van der Waals surface area contributed by atoms with Crippen molar-refractivity contribution in [2.75, 3.05) is 39.9 Å². The third-order valence-corrected chi connectivity index (χ3v) is 2.61. The predicted molar refractivity (Wildman–Crippen MR) is 71.0 cm³/mol. The zero-order valence-corrected chi connectivity index (χ0v) is 10.2. The van der Waals surface area contributed by atoms with E-state index in [4.69, 9.17) is 5.73 Å². The Morgan fingerprint density at radius 3 is 2.62 bits per heavy atom. The van der Waals surface area contributed by atoms with Crippen LogP contribution in [0.2, 0.25) is 0 Å². The van der Waals surface area contributed by atoms with Crippen LogP contribution < -0.4 is 5.73 Å². The smallest absolute Gasteiger partial charge is 0.216 e. The highest BCUT2D eigenvalue weighted by atomic mass is 15.3. The number of hydrogen-bond acceptors (Lipinski definition) is 3. The van der Waals surface area contributed by atoms with E-state index in [0.29, 0.717) is 12.6 Å². The van der Waals surface area contributed by atoms with E-state index in [1.165, 1.54) is 0 Å². The van der Waals surface area contributed by atoms with Gasteiger partial charge in [0.25, 0.3) is 0 Å². The molecule has 1 rings (SSSR count). The van der Waals surface area contributed by atoms with Crippen molar-refractivity contribution in [2.45, 2.75) is 6.92 Å². The van der Waals surface area contributed by atoms with Crippen LogP contribution in [0.5, 0.6) is 0 Å². The van der Waals surface area contributed by atoms with E-state index in [0.717, 1.165) is 31.9 Å². The Balaban J connectivity index is 0.00000256. The number of piperazine rings is 1. The SMILES string of the molecule is C=C/C(C)=N\C(N)=N/CN1CCN(C)CC1.[HH]. The van der Waals surface area contributed by atoms with Gasteiger partial charge < -0.3 is 10.6 Å². The molecule has 5 heteroatoms. The lowest BCUT2D eigenvalue weighted by molar-refractivity contribution is 0.158. The van der Waals surface area contributed by atoms with Gasteiger partial charge in [0.15, 0.2) is 0 Å². The lowest BCUT2D eigenvalue weighted by atomic mass is 10.3. The van der Waals surface area contributed by atoms with Crippen molar-refractivity contribution in [2.24, 2.45) is 15.7 Å². The molecule has 2 N–H and O–H groups in total. The Morgan fingerprint density at radius 2 is 2.06 bits per heavy atom. The molecule has 0 aromatic carbocycles. The van der Waals surface area contributed by atoms with Crippen LogP contribution in [0.1, 0.15) is 8.35 Å². The summed E-state index contributed by atoms with van der Waals surface area (Å²) in [4.78, 5) is 12.9. The maximum Gasteiger partial charge on any atom is 0.216 e. The molecule has 1 aliphatic rings. The summed E-state index contributed by atoms with van der Waals surface area (Å²) in [6.45, 7) is 10.4. The van der Waals surface area contributed by atoms with Gasteiger partial charge in [-0.15, -0.1) is 0 Å². The average molecular weight is 225 g/mol. The molecule has 1 heterocycles.